The molecule has 1 amide bonds. The second-order valence-electron chi connectivity index (χ2n) is 6.13. The maximum atomic E-state index is 12.3. The predicted molar refractivity (Wildman–Crippen MR) is 97.5 cm³/mol. The molecule has 2 heterocycles. The van der Waals surface area contributed by atoms with Gasteiger partial charge in [-0.2, -0.15) is 0 Å². The largest absolute Gasteiger partial charge is 0.480 e. The van der Waals surface area contributed by atoms with Gasteiger partial charge in [-0.3, -0.25) is 9.78 Å². The third-order valence-corrected chi connectivity index (χ3v) is 4.23. The standard InChI is InChI=1S/C19H20N4O3/c20-15(8-12-4-3-7-21-10-12)18(24)23-17(19(25)26)9-13-11-22-16-6-2-1-5-14(13)16/h1-7,10-11,15,17,22H,8-9,20H2,(H,23,24)(H,25,26)/t15-,17-/m0/s1. The highest BCUT2D eigenvalue weighted by Gasteiger charge is 2.24. The van der Waals surface area contributed by atoms with Crippen LogP contribution in [0.5, 0.6) is 0 Å². The van der Waals surface area contributed by atoms with Crippen LogP contribution in [0.15, 0.2) is 55.0 Å². The normalized spacial score (nSPS) is 13.3. The second-order valence-corrected chi connectivity index (χ2v) is 6.13. The van der Waals surface area contributed by atoms with E-state index < -0.39 is 24.0 Å². The number of carboxylic acid groups (broad SMARTS) is 1. The maximum Gasteiger partial charge on any atom is 0.326 e. The first-order valence-corrected chi connectivity index (χ1v) is 8.27. The number of aliphatic carboxylic acids is 1. The van der Waals surface area contributed by atoms with Crippen molar-refractivity contribution in [2.45, 2.75) is 24.9 Å². The number of nitrogens with two attached hydrogens (primary N) is 1. The summed E-state index contributed by atoms with van der Waals surface area (Å²) in [6, 6.07) is 9.30. The fourth-order valence-corrected chi connectivity index (χ4v) is 2.86. The molecular formula is C19H20N4O3. The first kappa shape index (κ1) is 17.6. The van der Waals surface area contributed by atoms with E-state index in [-0.39, 0.29) is 6.42 Å². The Morgan fingerprint density at radius 3 is 2.73 bits per heavy atom. The van der Waals surface area contributed by atoms with Gasteiger partial charge in [-0.15, -0.1) is 0 Å². The molecule has 26 heavy (non-hydrogen) atoms. The van der Waals surface area contributed by atoms with Gasteiger partial charge in [0.25, 0.3) is 0 Å². The van der Waals surface area contributed by atoms with Crippen LogP contribution >= 0.6 is 0 Å². The van der Waals surface area contributed by atoms with Crippen LogP contribution in [0, 0.1) is 0 Å². The molecule has 0 aliphatic rings. The molecule has 0 fully saturated rings. The minimum absolute atomic E-state index is 0.171. The summed E-state index contributed by atoms with van der Waals surface area (Å²) in [5, 5.41) is 13.0. The molecule has 5 N–H and O–H groups in total. The van der Waals surface area contributed by atoms with Crippen molar-refractivity contribution in [3.05, 3.63) is 66.1 Å². The number of hydrogen-bond acceptors (Lipinski definition) is 4. The number of para-hydroxylation sites is 1. The SMILES string of the molecule is N[C@@H](Cc1cccnc1)C(=O)N[C@@H](Cc1c[nH]c2ccccc12)C(=O)O. The number of aromatic nitrogens is 2. The summed E-state index contributed by atoms with van der Waals surface area (Å²) < 4.78 is 0. The first-order valence-electron chi connectivity index (χ1n) is 8.27. The average Bonchev–Trinajstić information content (AvgIpc) is 3.05. The van der Waals surface area contributed by atoms with Crippen LogP contribution in [0.4, 0.5) is 0 Å². The van der Waals surface area contributed by atoms with Gasteiger partial charge in [0.15, 0.2) is 0 Å². The number of nitrogens with one attached hydrogen (secondary N) is 2. The zero-order chi connectivity index (χ0) is 18.5. The fourth-order valence-electron chi connectivity index (χ4n) is 2.86. The summed E-state index contributed by atoms with van der Waals surface area (Å²) in [5.74, 6) is -1.60. The zero-order valence-electron chi connectivity index (χ0n) is 14.1. The molecule has 0 radical (unpaired) electrons. The Balaban J connectivity index is 1.68. The number of rotatable bonds is 7. The van der Waals surface area contributed by atoms with Crippen LogP contribution < -0.4 is 11.1 Å². The molecule has 134 valence electrons. The number of hydrogen-bond donors (Lipinski definition) is 4. The third kappa shape index (κ3) is 4.07. The molecule has 0 unspecified atom stereocenters. The molecule has 2 atom stereocenters. The van der Waals surface area contributed by atoms with E-state index in [1.165, 1.54) is 0 Å². The Morgan fingerprint density at radius 2 is 2.00 bits per heavy atom. The van der Waals surface area contributed by atoms with Crippen LogP contribution in [0.2, 0.25) is 0 Å². The van der Waals surface area contributed by atoms with E-state index in [1.54, 1.807) is 24.7 Å². The molecule has 7 nitrogen and oxygen atoms in total. The average molecular weight is 352 g/mol. The number of amides is 1. The van der Waals surface area contributed by atoms with Crippen molar-refractivity contribution in [1.82, 2.24) is 15.3 Å². The van der Waals surface area contributed by atoms with E-state index in [9.17, 15) is 14.7 Å². The molecule has 3 aromatic rings. The van der Waals surface area contributed by atoms with Gasteiger partial charge in [-0.1, -0.05) is 24.3 Å². The van der Waals surface area contributed by atoms with Gasteiger partial charge in [0.05, 0.1) is 6.04 Å². The maximum absolute atomic E-state index is 12.3. The smallest absolute Gasteiger partial charge is 0.326 e. The summed E-state index contributed by atoms with van der Waals surface area (Å²) in [6.07, 6.45) is 5.50. The van der Waals surface area contributed by atoms with Crippen LogP contribution in [-0.2, 0) is 22.4 Å². The van der Waals surface area contributed by atoms with Crippen molar-refractivity contribution in [2.24, 2.45) is 5.73 Å². The monoisotopic (exact) mass is 352 g/mol. The van der Waals surface area contributed by atoms with Gasteiger partial charge in [-0.25, -0.2) is 4.79 Å². The van der Waals surface area contributed by atoms with Crippen LogP contribution in [0.25, 0.3) is 10.9 Å². The van der Waals surface area contributed by atoms with Gasteiger partial charge in [0.2, 0.25) is 5.91 Å². The van der Waals surface area contributed by atoms with Crippen molar-refractivity contribution < 1.29 is 14.7 Å². The number of carboxylic acids is 1. The predicted octanol–water partition coefficient (Wildman–Crippen LogP) is 1.24. The van der Waals surface area contributed by atoms with E-state index in [4.69, 9.17) is 5.73 Å². The number of carbonyl (C=O) groups excluding carboxylic acids is 1. The lowest BCUT2D eigenvalue weighted by Crippen LogP contribution is -2.50. The molecule has 7 heteroatoms. The lowest BCUT2D eigenvalue weighted by atomic mass is 10.0. The minimum atomic E-state index is -1.10. The zero-order valence-corrected chi connectivity index (χ0v) is 14.1. The van der Waals surface area contributed by atoms with Gasteiger partial charge in [0.1, 0.15) is 6.04 Å². The number of fused-ring (bicyclic) bond motifs is 1. The molecule has 0 saturated carbocycles. The summed E-state index contributed by atoms with van der Waals surface area (Å²) in [7, 11) is 0. The van der Waals surface area contributed by atoms with E-state index in [0.717, 1.165) is 22.0 Å². The summed E-state index contributed by atoms with van der Waals surface area (Å²) in [4.78, 5) is 31.0. The van der Waals surface area contributed by atoms with Crippen molar-refractivity contribution in [2.75, 3.05) is 0 Å². The quantitative estimate of drug-likeness (QED) is 0.510. The van der Waals surface area contributed by atoms with Gasteiger partial charge in [0, 0.05) is 35.9 Å². The fraction of sp³-hybridized carbons (Fsp3) is 0.211. The topological polar surface area (TPSA) is 121 Å². The highest BCUT2D eigenvalue weighted by atomic mass is 16.4. The van der Waals surface area contributed by atoms with Crippen molar-refractivity contribution >= 4 is 22.8 Å². The summed E-state index contributed by atoms with van der Waals surface area (Å²) in [5.41, 5.74) is 8.49. The van der Waals surface area contributed by atoms with Crippen molar-refractivity contribution in [3.8, 4) is 0 Å². The highest BCUT2D eigenvalue weighted by molar-refractivity contribution is 5.88. The molecule has 0 saturated heterocycles. The Bertz CT molecular complexity index is 907. The lowest BCUT2D eigenvalue weighted by molar-refractivity contribution is -0.141. The van der Waals surface area contributed by atoms with Crippen LogP contribution in [-0.4, -0.2) is 39.0 Å². The lowest BCUT2D eigenvalue weighted by Gasteiger charge is -2.17. The van der Waals surface area contributed by atoms with Gasteiger partial charge in [-0.05, 0) is 29.7 Å². The number of benzene rings is 1. The highest BCUT2D eigenvalue weighted by Crippen LogP contribution is 2.19. The van der Waals surface area contributed by atoms with E-state index in [1.807, 2.05) is 30.3 Å². The van der Waals surface area contributed by atoms with Crippen molar-refractivity contribution in [1.29, 1.82) is 0 Å². The summed E-state index contributed by atoms with van der Waals surface area (Å²) in [6.45, 7) is 0. The Kier molecular flexibility index (Phi) is 5.28. The molecule has 0 spiro atoms. The van der Waals surface area contributed by atoms with Gasteiger partial charge >= 0.3 is 5.97 Å². The van der Waals surface area contributed by atoms with Crippen molar-refractivity contribution in [3.63, 3.8) is 0 Å². The Hall–Kier alpha value is -3.19. The van der Waals surface area contributed by atoms with E-state index >= 15 is 0 Å². The van der Waals surface area contributed by atoms with E-state index in [2.05, 4.69) is 15.3 Å². The summed E-state index contributed by atoms with van der Waals surface area (Å²) >= 11 is 0. The first-order chi connectivity index (χ1) is 12.5. The minimum Gasteiger partial charge on any atom is -0.480 e. The number of H-pyrrole nitrogens is 1. The van der Waals surface area contributed by atoms with E-state index in [0.29, 0.717) is 6.42 Å². The van der Waals surface area contributed by atoms with Crippen LogP contribution in [0.1, 0.15) is 11.1 Å². The molecule has 1 aromatic carbocycles. The molecule has 3 rings (SSSR count). The number of pyridine rings is 1. The van der Waals surface area contributed by atoms with Crippen LogP contribution in [0.3, 0.4) is 0 Å². The molecular weight excluding hydrogens is 332 g/mol. The molecule has 2 aromatic heterocycles. The van der Waals surface area contributed by atoms with Gasteiger partial charge < -0.3 is 21.1 Å². The number of carbonyl (C=O) groups is 2. The Labute approximate surface area is 150 Å². The number of aromatic amines is 1. The molecule has 0 bridgehead atoms. The number of nitrogens with zero attached hydrogens (tertiary/aromatic N) is 1. The second kappa shape index (κ2) is 7.79. The molecule has 0 aliphatic carbocycles. The molecule has 0 aliphatic heterocycles. The third-order valence-electron chi connectivity index (χ3n) is 4.23. The Morgan fingerprint density at radius 1 is 1.19 bits per heavy atom.